The summed E-state index contributed by atoms with van der Waals surface area (Å²) in [6, 6.07) is 0. The summed E-state index contributed by atoms with van der Waals surface area (Å²) in [7, 11) is 0. The summed E-state index contributed by atoms with van der Waals surface area (Å²) in [6.07, 6.45) is -1.10. The van der Waals surface area contributed by atoms with E-state index in [1.807, 2.05) is 0 Å². The molecule has 6 heteroatoms. The molecule has 0 rings (SSSR count). The molecule has 72 valence electrons. The van der Waals surface area contributed by atoms with Crippen molar-refractivity contribution in [3.63, 3.8) is 0 Å². The molecule has 0 aliphatic heterocycles. The van der Waals surface area contributed by atoms with Gasteiger partial charge in [0.1, 0.15) is 0 Å². The molecule has 2 N–H and O–H groups in total. The third-order valence-electron chi connectivity index (χ3n) is 0.981. The van der Waals surface area contributed by atoms with Crippen molar-refractivity contribution in [2.24, 2.45) is 5.73 Å². The standard InChI is InChI=1S/C7H9NO4S/c1-4(2)5(9)3-11-7(10)12-6(8)13/h1,3H2,2H3,(H2,8,13). The van der Waals surface area contributed by atoms with Crippen molar-refractivity contribution in [1.82, 2.24) is 0 Å². The molecule has 0 aliphatic carbocycles. The molecule has 0 saturated heterocycles. The summed E-state index contributed by atoms with van der Waals surface area (Å²) in [5.74, 6) is -0.389. The van der Waals surface area contributed by atoms with Crippen LogP contribution in [0.1, 0.15) is 6.92 Å². The molecule has 0 amide bonds. The fraction of sp³-hybridized carbons (Fsp3) is 0.286. The van der Waals surface area contributed by atoms with Gasteiger partial charge in [-0.25, -0.2) is 4.79 Å². The summed E-state index contributed by atoms with van der Waals surface area (Å²) in [5, 5.41) is -0.451. The number of rotatable bonds is 3. The average Bonchev–Trinajstić information content (AvgIpc) is 1.98. The highest BCUT2D eigenvalue weighted by Gasteiger charge is 2.09. The van der Waals surface area contributed by atoms with Crippen molar-refractivity contribution in [2.45, 2.75) is 6.92 Å². The predicted molar refractivity (Wildman–Crippen MR) is 49.0 cm³/mol. The van der Waals surface area contributed by atoms with E-state index in [2.05, 4.69) is 28.3 Å². The van der Waals surface area contributed by atoms with Crippen LogP contribution in [0.25, 0.3) is 0 Å². The van der Waals surface area contributed by atoms with E-state index in [0.717, 1.165) is 0 Å². The zero-order valence-corrected chi connectivity index (χ0v) is 7.85. The van der Waals surface area contributed by atoms with Crippen molar-refractivity contribution < 1.29 is 19.1 Å². The molecule has 0 spiro atoms. The van der Waals surface area contributed by atoms with Crippen LogP contribution in [0.2, 0.25) is 0 Å². The number of Topliss-reactive ketones (excluding diaryl/α,β-unsaturated/α-hetero) is 1. The Kier molecular flexibility index (Phi) is 4.68. The predicted octanol–water partition coefficient (Wildman–Crippen LogP) is 0.528. The fourth-order valence-electron chi connectivity index (χ4n) is 0.359. The fourth-order valence-corrected chi connectivity index (χ4v) is 0.427. The van der Waals surface area contributed by atoms with Crippen LogP contribution in [0, 0.1) is 0 Å². The first-order chi connectivity index (χ1) is 5.93. The van der Waals surface area contributed by atoms with Crippen LogP contribution < -0.4 is 5.73 Å². The van der Waals surface area contributed by atoms with Gasteiger partial charge in [-0.15, -0.1) is 0 Å². The minimum Gasteiger partial charge on any atom is -0.426 e. The van der Waals surface area contributed by atoms with Gasteiger partial charge in [0.05, 0.1) is 0 Å². The molecule has 0 aromatic carbocycles. The topological polar surface area (TPSA) is 78.6 Å². The maximum atomic E-state index is 10.8. The highest BCUT2D eigenvalue weighted by molar-refractivity contribution is 7.80. The smallest absolute Gasteiger partial charge is 0.426 e. The van der Waals surface area contributed by atoms with E-state index in [9.17, 15) is 9.59 Å². The Morgan fingerprint density at radius 3 is 2.46 bits per heavy atom. The van der Waals surface area contributed by atoms with E-state index in [0.29, 0.717) is 5.57 Å². The maximum absolute atomic E-state index is 10.8. The minimum absolute atomic E-state index is 0.295. The van der Waals surface area contributed by atoms with Crippen molar-refractivity contribution in [3.8, 4) is 0 Å². The summed E-state index contributed by atoms with van der Waals surface area (Å²) in [4.78, 5) is 21.4. The molecule has 0 aromatic rings. The Hall–Kier alpha value is -1.43. The van der Waals surface area contributed by atoms with Gasteiger partial charge < -0.3 is 15.2 Å². The molecule has 0 unspecified atom stereocenters. The Balaban J connectivity index is 3.77. The number of carbonyl (C=O) groups is 2. The van der Waals surface area contributed by atoms with Gasteiger partial charge in [-0.3, -0.25) is 4.79 Å². The Bertz CT molecular complexity index is 261. The highest BCUT2D eigenvalue weighted by Crippen LogP contribution is 1.92. The number of carbonyl (C=O) groups excluding carboxylic acids is 2. The summed E-state index contributed by atoms with van der Waals surface area (Å²) < 4.78 is 8.48. The molecule has 0 aliphatic rings. The van der Waals surface area contributed by atoms with Crippen molar-refractivity contribution >= 4 is 29.3 Å². The van der Waals surface area contributed by atoms with Gasteiger partial charge in [0.15, 0.2) is 12.4 Å². The zero-order chi connectivity index (χ0) is 10.4. The Morgan fingerprint density at radius 2 is 2.08 bits per heavy atom. The van der Waals surface area contributed by atoms with Crippen molar-refractivity contribution in [2.75, 3.05) is 6.61 Å². The molecular weight excluding hydrogens is 194 g/mol. The Labute approximate surface area is 80.5 Å². The SMILES string of the molecule is C=C(C)C(=O)COC(=O)OC(N)=S. The second kappa shape index (κ2) is 5.26. The van der Waals surface area contributed by atoms with Gasteiger partial charge in [0, 0.05) is 0 Å². The van der Waals surface area contributed by atoms with Crippen LogP contribution in [0.3, 0.4) is 0 Å². The molecule has 13 heavy (non-hydrogen) atoms. The molecular formula is C7H9NO4S. The molecule has 5 nitrogen and oxygen atoms in total. The van der Waals surface area contributed by atoms with Gasteiger partial charge in [-0.1, -0.05) is 6.58 Å². The first-order valence-electron chi connectivity index (χ1n) is 3.26. The number of hydrogen-bond donors (Lipinski definition) is 1. The van der Waals surface area contributed by atoms with E-state index in [4.69, 9.17) is 5.73 Å². The monoisotopic (exact) mass is 203 g/mol. The molecule has 0 atom stereocenters. The number of hydrogen-bond acceptors (Lipinski definition) is 5. The average molecular weight is 203 g/mol. The Morgan fingerprint density at radius 1 is 1.54 bits per heavy atom. The van der Waals surface area contributed by atoms with Gasteiger partial charge in [-0.2, -0.15) is 0 Å². The van der Waals surface area contributed by atoms with Crippen LogP contribution >= 0.6 is 12.2 Å². The van der Waals surface area contributed by atoms with Crippen LogP contribution in [0.15, 0.2) is 12.2 Å². The first kappa shape index (κ1) is 11.6. The first-order valence-corrected chi connectivity index (χ1v) is 3.67. The van der Waals surface area contributed by atoms with E-state index in [1.54, 1.807) is 0 Å². The molecule has 0 bridgehead atoms. The van der Waals surface area contributed by atoms with Crippen LogP contribution in [-0.2, 0) is 14.3 Å². The summed E-state index contributed by atoms with van der Waals surface area (Å²) >= 11 is 4.26. The van der Waals surface area contributed by atoms with Gasteiger partial charge in [0.25, 0.3) is 5.17 Å². The van der Waals surface area contributed by atoms with Crippen LogP contribution in [-0.4, -0.2) is 23.7 Å². The van der Waals surface area contributed by atoms with E-state index in [-0.39, 0.29) is 5.78 Å². The number of ketones is 1. The van der Waals surface area contributed by atoms with Gasteiger partial charge in [0.2, 0.25) is 0 Å². The lowest BCUT2D eigenvalue weighted by atomic mass is 10.2. The minimum atomic E-state index is -1.10. The van der Waals surface area contributed by atoms with Crippen LogP contribution in [0.5, 0.6) is 0 Å². The second-order valence-corrected chi connectivity index (χ2v) is 2.57. The quantitative estimate of drug-likeness (QED) is 0.409. The zero-order valence-electron chi connectivity index (χ0n) is 7.03. The molecule has 0 fully saturated rings. The lowest BCUT2D eigenvalue weighted by Crippen LogP contribution is -2.21. The normalized spacial score (nSPS) is 8.69. The van der Waals surface area contributed by atoms with Gasteiger partial charge >= 0.3 is 6.16 Å². The third-order valence-corrected chi connectivity index (χ3v) is 1.06. The van der Waals surface area contributed by atoms with Gasteiger partial charge in [-0.05, 0) is 24.7 Å². The molecule has 0 saturated carbocycles. The number of ether oxygens (including phenoxy) is 2. The largest absolute Gasteiger partial charge is 0.516 e. The molecule has 0 radical (unpaired) electrons. The highest BCUT2D eigenvalue weighted by atomic mass is 32.1. The number of nitrogens with two attached hydrogens (primary N) is 1. The lowest BCUT2D eigenvalue weighted by molar-refractivity contribution is -0.118. The molecule has 0 aromatic heterocycles. The van der Waals surface area contributed by atoms with Crippen molar-refractivity contribution in [3.05, 3.63) is 12.2 Å². The second-order valence-electron chi connectivity index (χ2n) is 2.16. The third kappa shape index (κ3) is 5.80. The van der Waals surface area contributed by atoms with E-state index >= 15 is 0 Å². The maximum Gasteiger partial charge on any atom is 0.516 e. The van der Waals surface area contributed by atoms with Crippen LogP contribution in [0.4, 0.5) is 4.79 Å². The molecule has 0 heterocycles. The van der Waals surface area contributed by atoms with E-state index < -0.39 is 17.9 Å². The number of thiocarbonyl (C=S) groups is 1. The summed E-state index contributed by atoms with van der Waals surface area (Å²) in [6.45, 7) is 4.45. The summed E-state index contributed by atoms with van der Waals surface area (Å²) in [5.41, 5.74) is 5.16. The lowest BCUT2D eigenvalue weighted by Gasteiger charge is -2.02. The van der Waals surface area contributed by atoms with E-state index in [1.165, 1.54) is 6.92 Å². The van der Waals surface area contributed by atoms with Crippen molar-refractivity contribution in [1.29, 1.82) is 0 Å².